The van der Waals surface area contributed by atoms with Crippen molar-refractivity contribution in [2.45, 2.75) is 82.5 Å². The maximum absolute atomic E-state index is 14.0. The largest absolute Gasteiger partial charge is 0.396 e. The minimum absolute atomic E-state index is 0.140. The summed E-state index contributed by atoms with van der Waals surface area (Å²) < 4.78 is 6.73. The van der Waals surface area contributed by atoms with Crippen LogP contribution >= 0.6 is 11.6 Å². The van der Waals surface area contributed by atoms with Gasteiger partial charge in [0.2, 0.25) is 17.7 Å². The van der Waals surface area contributed by atoms with E-state index in [0.29, 0.717) is 55.9 Å². The molecule has 198 valence electrons. The van der Waals surface area contributed by atoms with E-state index in [9.17, 15) is 14.4 Å². The minimum atomic E-state index is -1.02. The van der Waals surface area contributed by atoms with Crippen LogP contribution in [0, 0.1) is 11.8 Å². The molecular weight excluding hydrogens is 482 g/mol. The van der Waals surface area contributed by atoms with Gasteiger partial charge in [0.05, 0.1) is 17.4 Å². The smallest absolute Gasteiger partial charge is 0.250 e. The van der Waals surface area contributed by atoms with Gasteiger partial charge in [-0.3, -0.25) is 14.4 Å². The molecule has 3 heterocycles. The number of hydrogen-bond donors (Lipinski definition) is 3. The molecule has 3 aliphatic rings. The molecule has 0 aliphatic carbocycles. The van der Waals surface area contributed by atoms with Gasteiger partial charge in [-0.05, 0) is 62.8 Å². The Morgan fingerprint density at radius 1 is 1.11 bits per heavy atom. The maximum Gasteiger partial charge on any atom is 0.250 e. The van der Waals surface area contributed by atoms with Crippen LogP contribution < -0.4 is 10.6 Å². The van der Waals surface area contributed by atoms with Crippen LogP contribution in [0.1, 0.15) is 65.2 Å². The van der Waals surface area contributed by atoms with Gasteiger partial charge in [-0.1, -0.05) is 38.3 Å². The zero-order valence-corrected chi connectivity index (χ0v) is 22.0. The molecule has 9 heteroatoms. The molecule has 36 heavy (non-hydrogen) atoms. The second-order valence-electron chi connectivity index (χ2n) is 10.3. The lowest BCUT2D eigenvalue weighted by Gasteiger charge is -2.34. The summed E-state index contributed by atoms with van der Waals surface area (Å²) in [6, 6.07) is 6.05. The molecule has 8 nitrogen and oxygen atoms in total. The summed E-state index contributed by atoms with van der Waals surface area (Å²) in [5, 5.41) is 15.6. The summed E-state index contributed by atoms with van der Waals surface area (Å²) in [6.07, 6.45) is 5.73. The number of fused-ring (bicyclic) bond motifs is 1. The highest BCUT2D eigenvalue weighted by Crippen LogP contribution is 2.64. The Hall–Kier alpha value is -2.16. The van der Waals surface area contributed by atoms with Crippen molar-refractivity contribution in [1.29, 1.82) is 0 Å². The summed E-state index contributed by atoms with van der Waals surface area (Å²) in [4.78, 5) is 42.8. The first-order valence-corrected chi connectivity index (χ1v) is 13.7. The minimum Gasteiger partial charge on any atom is -0.396 e. The number of benzene rings is 1. The van der Waals surface area contributed by atoms with Crippen LogP contribution in [-0.4, -0.2) is 64.7 Å². The van der Waals surface area contributed by atoms with E-state index in [1.165, 1.54) is 0 Å². The predicted octanol–water partition coefficient (Wildman–Crippen LogP) is 3.51. The van der Waals surface area contributed by atoms with Gasteiger partial charge in [-0.25, -0.2) is 0 Å². The average molecular weight is 520 g/mol. The SMILES string of the molecule is CCCNC(=O)[C@@H]1[C@H]2C(=O)N(CCCCCCO)C(C(=O)Nc3ccc(Cl)cc3)C23CC[C@@]1(CC)O3. The zero-order chi connectivity index (χ0) is 25.9. The number of anilines is 1. The van der Waals surface area contributed by atoms with Crippen molar-refractivity contribution in [2.24, 2.45) is 11.8 Å². The molecule has 1 aromatic carbocycles. The van der Waals surface area contributed by atoms with Crippen LogP contribution in [0.25, 0.3) is 0 Å². The molecule has 3 amide bonds. The number of ether oxygens (including phenoxy) is 1. The van der Waals surface area contributed by atoms with Gasteiger partial charge < -0.3 is 25.4 Å². The number of amides is 3. The lowest BCUT2D eigenvalue weighted by molar-refractivity contribution is -0.146. The number of rotatable bonds is 12. The highest BCUT2D eigenvalue weighted by molar-refractivity contribution is 6.30. The number of aliphatic hydroxyl groups excluding tert-OH is 1. The van der Waals surface area contributed by atoms with Crippen molar-refractivity contribution in [3.63, 3.8) is 0 Å². The molecule has 3 aliphatic heterocycles. The molecule has 4 rings (SSSR count). The Morgan fingerprint density at radius 2 is 1.83 bits per heavy atom. The van der Waals surface area contributed by atoms with Gasteiger partial charge >= 0.3 is 0 Å². The molecule has 3 N–H and O–H groups in total. The second-order valence-corrected chi connectivity index (χ2v) is 10.7. The standard InChI is InChI=1S/C27H38ClN3O5/c1-3-15-29-23(33)20-21-25(35)31(16-7-5-6-8-17-32)22(27(21)14-13-26(20,4-2)36-27)24(34)30-19-11-9-18(28)10-12-19/h9-12,20-22,32H,3-8,13-17H2,1-2H3,(H,29,33)(H,30,34)/t20-,21-,22?,26+,27?/m0/s1. The quantitative estimate of drug-likeness (QED) is 0.366. The van der Waals surface area contributed by atoms with Gasteiger partial charge in [0.25, 0.3) is 0 Å². The van der Waals surface area contributed by atoms with Gasteiger partial charge in [-0.15, -0.1) is 0 Å². The molecule has 2 bridgehead atoms. The highest BCUT2D eigenvalue weighted by atomic mass is 35.5. The van der Waals surface area contributed by atoms with E-state index in [2.05, 4.69) is 10.6 Å². The van der Waals surface area contributed by atoms with Crippen LogP contribution in [-0.2, 0) is 19.1 Å². The highest BCUT2D eigenvalue weighted by Gasteiger charge is 2.78. The number of halogens is 1. The zero-order valence-electron chi connectivity index (χ0n) is 21.2. The lowest BCUT2D eigenvalue weighted by Crippen LogP contribution is -2.53. The maximum atomic E-state index is 14.0. The predicted molar refractivity (Wildman–Crippen MR) is 137 cm³/mol. The first kappa shape index (κ1) is 26.9. The van der Waals surface area contributed by atoms with Crippen molar-refractivity contribution in [1.82, 2.24) is 10.2 Å². The van der Waals surface area contributed by atoms with E-state index in [1.807, 2.05) is 13.8 Å². The van der Waals surface area contributed by atoms with Gasteiger partial charge in [-0.2, -0.15) is 0 Å². The molecular formula is C27H38ClN3O5. The average Bonchev–Trinajstić information content (AvgIpc) is 3.47. The third-order valence-electron chi connectivity index (χ3n) is 8.18. The van der Waals surface area contributed by atoms with Crippen LogP contribution in [0.15, 0.2) is 24.3 Å². The fraction of sp³-hybridized carbons (Fsp3) is 0.667. The van der Waals surface area contributed by atoms with Crippen molar-refractivity contribution >= 4 is 35.0 Å². The van der Waals surface area contributed by atoms with Crippen LogP contribution in [0.3, 0.4) is 0 Å². The number of carbonyl (C=O) groups is 3. The van der Waals surface area contributed by atoms with E-state index in [1.54, 1.807) is 29.2 Å². The molecule has 0 radical (unpaired) electrons. The summed E-state index contributed by atoms with van der Waals surface area (Å²) >= 11 is 6.01. The number of hydrogen-bond acceptors (Lipinski definition) is 5. The fourth-order valence-corrected chi connectivity index (χ4v) is 6.63. The molecule has 1 aromatic rings. The monoisotopic (exact) mass is 519 g/mol. The van der Waals surface area contributed by atoms with Crippen LogP contribution in [0.2, 0.25) is 5.02 Å². The third kappa shape index (κ3) is 4.63. The lowest BCUT2D eigenvalue weighted by atomic mass is 9.65. The van der Waals surface area contributed by atoms with Gasteiger partial charge in [0, 0.05) is 30.4 Å². The Morgan fingerprint density at radius 3 is 2.50 bits per heavy atom. The van der Waals surface area contributed by atoms with Crippen LogP contribution in [0.4, 0.5) is 5.69 Å². The van der Waals surface area contributed by atoms with Crippen molar-refractivity contribution in [3.8, 4) is 0 Å². The van der Waals surface area contributed by atoms with Crippen molar-refractivity contribution in [2.75, 3.05) is 25.0 Å². The Kier molecular flexibility index (Phi) is 8.27. The van der Waals surface area contributed by atoms with Gasteiger partial charge in [0.15, 0.2) is 0 Å². The number of likely N-dealkylation sites (tertiary alicyclic amines) is 1. The van der Waals surface area contributed by atoms with E-state index in [0.717, 1.165) is 19.3 Å². The summed E-state index contributed by atoms with van der Waals surface area (Å²) in [5.74, 6) is -1.91. The van der Waals surface area contributed by atoms with Crippen LogP contribution in [0.5, 0.6) is 0 Å². The van der Waals surface area contributed by atoms with Crippen molar-refractivity contribution in [3.05, 3.63) is 29.3 Å². The number of unbranched alkanes of at least 4 members (excludes halogenated alkanes) is 3. The summed E-state index contributed by atoms with van der Waals surface area (Å²) in [7, 11) is 0. The number of aliphatic hydroxyl groups is 1. The molecule has 3 fully saturated rings. The fourth-order valence-electron chi connectivity index (χ4n) is 6.51. The molecule has 3 saturated heterocycles. The topological polar surface area (TPSA) is 108 Å². The first-order chi connectivity index (χ1) is 17.3. The second kappa shape index (κ2) is 11.1. The Balaban J connectivity index is 1.65. The summed E-state index contributed by atoms with van der Waals surface area (Å²) in [6.45, 7) is 5.07. The van der Waals surface area contributed by atoms with Crippen molar-refractivity contribution < 1.29 is 24.2 Å². The molecule has 5 atom stereocenters. The van der Waals surface area contributed by atoms with E-state index in [-0.39, 0.29) is 24.3 Å². The Bertz CT molecular complexity index is 973. The summed E-state index contributed by atoms with van der Waals surface area (Å²) in [5.41, 5.74) is -1.16. The molecule has 2 unspecified atom stereocenters. The molecule has 1 spiro atoms. The van der Waals surface area contributed by atoms with Gasteiger partial charge in [0.1, 0.15) is 11.6 Å². The van der Waals surface area contributed by atoms with E-state index in [4.69, 9.17) is 21.4 Å². The number of nitrogens with one attached hydrogen (secondary N) is 2. The Labute approximate surface area is 218 Å². The van der Waals surface area contributed by atoms with E-state index < -0.39 is 29.1 Å². The third-order valence-corrected chi connectivity index (χ3v) is 8.43. The molecule has 0 aromatic heterocycles. The van der Waals surface area contributed by atoms with E-state index >= 15 is 0 Å². The number of carbonyl (C=O) groups excluding carboxylic acids is 3. The first-order valence-electron chi connectivity index (χ1n) is 13.3. The number of nitrogens with zero attached hydrogens (tertiary/aromatic N) is 1. The molecule has 0 saturated carbocycles. The normalized spacial score (nSPS) is 30.5.